The smallest absolute Gasteiger partial charge is 0.251 e. The van der Waals surface area contributed by atoms with Gasteiger partial charge in [-0.15, -0.1) is 0 Å². The van der Waals surface area contributed by atoms with Gasteiger partial charge in [0.25, 0.3) is 5.91 Å². The van der Waals surface area contributed by atoms with Crippen molar-refractivity contribution < 1.29 is 13.9 Å². The zero-order valence-electron chi connectivity index (χ0n) is 13.8. The monoisotopic (exact) mass is 391 g/mol. The number of fused-ring (bicyclic) bond motifs is 1. The summed E-state index contributed by atoms with van der Waals surface area (Å²) in [6, 6.07) is 12.6. The van der Waals surface area contributed by atoms with Crippen molar-refractivity contribution in [3.8, 4) is 11.3 Å². The summed E-state index contributed by atoms with van der Waals surface area (Å²) in [4.78, 5) is 12.5. The molecule has 2 aromatic carbocycles. The molecule has 26 heavy (non-hydrogen) atoms. The molecule has 0 spiro atoms. The number of benzene rings is 2. The second-order valence-corrected chi connectivity index (χ2v) is 9.20. The lowest BCUT2D eigenvalue weighted by Crippen LogP contribution is -2.35. The van der Waals surface area contributed by atoms with Crippen LogP contribution < -0.4 is 5.32 Å². The molecule has 4 N–H and O–H groups in total. The Kier molecular flexibility index (Phi) is 4.40. The Balaban J connectivity index is 1.59. The number of carbonyl (C=O) groups is 1. The second-order valence-electron chi connectivity index (χ2n) is 6.44. The molecule has 1 amide bonds. The van der Waals surface area contributed by atoms with Crippen molar-refractivity contribution in [3.63, 3.8) is 0 Å². The molecule has 6 nitrogen and oxygen atoms in total. The molecule has 3 aromatic rings. The van der Waals surface area contributed by atoms with Crippen LogP contribution in [0.3, 0.4) is 0 Å². The van der Waals surface area contributed by atoms with Gasteiger partial charge in [-0.05, 0) is 30.7 Å². The number of nitrogens with one attached hydrogen (secondary N) is 2. The molecule has 0 saturated carbocycles. The van der Waals surface area contributed by atoms with Gasteiger partial charge in [0.2, 0.25) is 0 Å². The van der Waals surface area contributed by atoms with Crippen LogP contribution in [0.25, 0.3) is 22.2 Å². The fraction of sp³-hybridized carbons (Fsp3) is 0.222. The molecule has 1 saturated heterocycles. The number of aromatic nitrogens is 2. The molecule has 1 aliphatic rings. The van der Waals surface area contributed by atoms with E-state index in [0.717, 1.165) is 22.2 Å². The molecule has 1 atom stereocenters. The quantitative estimate of drug-likeness (QED) is 0.539. The molecular formula is C18H18ClN3O3S. The van der Waals surface area contributed by atoms with E-state index in [1.54, 1.807) is 12.1 Å². The second kappa shape index (κ2) is 6.59. The van der Waals surface area contributed by atoms with Crippen molar-refractivity contribution in [2.24, 2.45) is 0 Å². The first-order chi connectivity index (χ1) is 12.4. The highest BCUT2D eigenvalue weighted by molar-refractivity contribution is 8.24. The number of halogens is 1. The van der Waals surface area contributed by atoms with Crippen LogP contribution in [0.4, 0.5) is 0 Å². The van der Waals surface area contributed by atoms with Crippen molar-refractivity contribution in [2.45, 2.75) is 12.5 Å². The molecule has 8 heteroatoms. The van der Waals surface area contributed by atoms with E-state index < -0.39 is 10.6 Å². The van der Waals surface area contributed by atoms with Crippen molar-refractivity contribution in [2.75, 3.05) is 11.5 Å². The fourth-order valence-corrected chi connectivity index (χ4v) is 5.17. The molecule has 1 aromatic heterocycles. The minimum absolute atomic E-state index is 0.205. The van der Waals surface area contributed by atoms with E-state index in [2.05, 4.69) is 15.5 Å². The minimum Gasteiger partial charge on any atom is -0.348 e. The third kappa shape index (κ3) is 3.31. The lowest BCUT2D eigenvalue weighted by molar-refractivity contribution is 0.0941. The van der Waals surface area contributed by atoms with Gasteiger partial charge in [0.05, 0.1) is 16.3 Å². The Morgan fingerprint density at radius 1 is 1.27 bits per heavy atom. The van der Waals surface area contributed by atoms with Crippen LogP contribution in [0.5, 0.6) is 0 Å². The molecule has 0 radical (unpaired) electrons. The van der Waals surface area contributed by atoms with Gasteiger partial charge in [-0.2, -0.15) is 15.7 Å². The number of carbonyl (C=O) groups excluding carboxylic acids is 1. The maximum atomic E-state index is 12.5. The van der Waals surface area contributed by atoms with Crippen LogP contribution in [0.1, 0.15) is 16.8 Å². The van der Waals surface area contributed by atoms with Gasteiger partial charge >= 0.3 is 0 Å². The Labute approximate surface area is 156 Å². The molecular weight excluding hydrogens is 374 g/mol. The van der Waals surface area contributed by atoms with E-state index in [0.29, 0.717) is 22.8 Å². The summed E-state index contributed by atoms with van der Waals surface area (Å²) in [5.74, 6) is 0.336. The Morgan fingerprint density at radius 2 is 2.08 bits per heavy atom. The van der Waals surface area contributed by atoms with Crippen LogP contribution in [0, 0.1) is 0 Å². The predicted octanol–water partition coefficient (Wildman–Crippen LogP) is 4.14. The first-order valence-electron chi connectivity index (χ1n) is 8.20. The zero-order chi connectivity index (χ0) is 18.3. The largest absolute Gasteiger partial charge is 0.348 e. The molecule has 4 rings (SSSR count). The summed E-state index contributed by atoms with van der Waals surface area (Å²) in [5.41, 5.74) is 2.80. The standard InChI is InChI=1S/C18H18ClN3O3S/c19-15-4-2-1-3-13(15)17-14-6-5-11(9-16(14)21-22-17)18(23)20-12-7-8-26(24,25)10-12/h1-6,9,12,24-25H,7-8,10H2,(H,20,23)(H,21,22). The topological polar surface area (TPSA) is 98.2 Å². The van der Waals surface area contributed by atoms with Gasteiger partial charge in [-0.25, -0.2) is 0 Å². The Hall–Kier alpha value is -2.06. The lowest BCUT2D eigenvalue weighted by atomic mass is 10.1. The van der Waals surface area contributed by atoms with Crippen molar-refractivity contribution in [1.29, 1.82) is 0 Å². The average molecular weight is 392 g/mol. The van der Waals surface area contributed by atoms with E-state index >= 15 is 0 Å². The summed E-state index contributed by atoms with van der Waals surface area (Å²) in [6.45, 7) is 0. The highest BCUT2D eigenvalue weighted by Crippen LogP contribution is 2.45. The van der Waals surface area contributed by atoms with Gasteiger partial charge in [0.1, 0.15) is 5.69 Å². The molecule has 1 fully saturated rings. The Morgan fingerprint density at radius 3 is 2.81 bits per heavy atom. The molecule has 0 bridgehead atoms. The van der Waals surface area contributed by atoms with E-state index in [1.807, 2.05) is 30.3 Å². The van der Waals surface area contributed by atoms with Crippen LogP contribution in [-0.2, 0) is 0 Å². The minimum atomic E-state index is -2.53. The number of amides is 1. The summed E-state index contributed by atoms with van der Waals surface area (Å²) < 4.78 is 19.4. The Bertz CT molecular complexity index is 989. The summed E-state index contributed by atoms with van der Waals surface area (Å²) in [7, 11) is -2.53. The molecule has 1 unspecified atom stereocenters. The maximum Gasteiger partial charge on any atom is 0.251 e. The average Bonchev–Trinajstić information content (AvgIpc) is 3.17. The number of nitrogens with zero attached hydrogens (tertiary/aromatic N) is 1. The van der Waals surface area contributed by atoms with Gasteiger partial charge in [0, 0.05) is 28.3 Å². The van der Waals surface area contributed by atoms with Gasteiger partial charge in [0.15, 0.2) is 0 Å². The number of hydrogen-bond donors (Lipinski definition) is 4. The first kappa shape index (κ1) is 17.4. The number of hydrogen-bond acceptors (Lipinski definition) is 4. The third-order valence-electron chi connectivity index (χ3n) is 4.55. The van der Waals surface area contributed by atoms with E-state index in [9.17, 15) is 13.9 Å². The van der Waals surface area contributed by atoms with Crippen LogP contribution in [-0.4, -0.2) is 42.8 Å². The third-order valence-corrected chi connectivity index (χ3v) is 6.71. The number of H-pyrrole nitrogens is 1. The molecule has 0 aliphatic carbocycles. The summed E-state index contributed by atoms with van der Waals surface area (Å²) >= 11 is 6.26. The molecule has 2 heterocycles. The molecule has 1 aliphatic heterocycles. The lowest BCUT2D eigenvalue weighted by Gasteiger charge is -2.26. The van der Waals surface area contributed by atoms with E-state index in [4.69, 9.17) is 11.6 Å². The van der Waals surface area contributed by atoms with Crippen molar-refractivity contribution in [1.82, 2.24) is 15.5 Å². The zero-order valence-corrected chi connectivity index (χ0v) is 15.3. The van der Waals surface area contributed by atoms with Crippen LogP contribution in [0.2, 0.25) is 5.02 Å². The van der Waals surface area contributed by atoms with Gasteiger partial charge in [-0.1, -0.05) is 29.8 Å². The normalized spacial score (nSPS) is 20.2. The van der Waals surface area contributed by atoms with Crippen molar-refractivity contribution >= 4 is 39.0 Å². The van der Waals surface area contributed by atoms with Gasteiger partial charge < -0.3 is 5.32 Å². The number of rotatable bonds is 3. The van der Waals surface area contributed by atoms with Crippen molar-refractivity contribution in [3.05, 3.63) is 53.1 Å². The highest BCUT2D eigenvalue weighted by Gasteiger charge is 2.29. The van der Waals surface area contributed by atoms with E-state index in [1.165, 1.54) is 0 Å². The summed E-state index contributed by atoms with van der Waals surface area (Å²) in [5, 5.41) is 11.7. The van der Waals surface area contributed by atoms with Gasteiger partial charge in [-0.3, -0.25) is 19.0 Å². The highest BCUT2D eigenvalue weighted by atomic mass is 35.5. The fourth-order valence-electron chi connectivity index (χ4n) is 3.22. The summed E-state index contributed by atoms with van der Waals surface area (Å²) in [6.07, 6.45) is 0.580. The molecule has 136 valence electrons. The first-order valence-corrected chi connectivity index (χ1v) is 10.5. The number of aromatic amines is 1. The van der Waals surface area contributed by atoms with Crippen LogP contribution in [0.15, 0.2) is 42.5 Å². The SMILES string of the molecule is O=C(NC1CCS(O)(O)C1)c1ccc2c(-c3ccccc3Cl)n[nH]c2c1. The van der Waals surface area contributed by atoms with E-state index in [-0.39, 0.29) is 17.7 Å². The van der Waals surface area contributed by atoms with Crippen LogP contribution >= 0.6 is 22.2 Å². The predicted molar refractivity (Wildman–Crippen MR) is 105 cm³/mol. The maximum absolute atomic E-state index is 12.5.